The lowest BCUT2D eigenvalue weighted by Gasteiger charge is -2.28. The van der Waals surface area contributed by atoms with Crippen molar-refractivity contribution in [1.82, 2.24) is 10.2 Å². The Balaban J connectivity index is 2.38. The van der Waals surface area contributed by atoms with Gasteiger partial charge in [-0.15, -0.1) is 0 Å². The number of ether oxygens (including phenoxy) is 1. The first-order valence-electron chi connectivity index (χ1n) is 6.68. The standard InChI is InChI=1S/C15H24F2N2O/c1-15(2,11-19(3)4)10-18-9-12-5-7-13(8-6-12)20-14(16)17/h5-8,14,18H,9-11H2,1-4H3. The van der Waals surface area contributed by atoms with Crippen LogP contribution < -0.4 is 10.1 Å². The fourth-order valence-electron chi connectivity index (χ4n) is 2.25. The highest BCUT2D eigenvalue weighted by molar-refractivity contribution is 5.27. The molecule has 0 saturated carbocycles. The van der Waals surface area contributed by atoms with Crippen LogP contribution in [-0.2, 0) is 6.54 Å². The average Bonchev–Trinajstić information content (AvgIpc) is 2.28. The van der Waals surface area contributed by atoms with E-state index in [1.54, 1.807) is 24.3 Å². The smallest absolute Gasteiger partial charge is 0.387 e. The van der Waals surface area contributed by atoms with Gasteiger partial charge >= 0.3 is 6.61 Å². The summed E-state index contributed by atoms with van der Waals surface area (Å²) in [6.07, 6.45) is 0. The van der Waals surface area contributed by atoms with Crippen LogP contribution in [0.15, 0.2) is 24.3 Å². The average molecular weight is 286 g/mol. The van der Waals surface area contributed by atoms with Gasteiger partial charge in [-0.25, -0.2) is 0 Å². The summed E-state index contributed by atoms with van der Waals surface area (Å²) in [6.45, 7) is 4.25. The Labute approximate surface area is 119 Å². The van der Waals surface area contributed by atoms with E-state index in [4.69, 9.17) is 0 Å². The zero-order valence-corrected chi connectivity index (χ0v) is 12.6. The lowest BCUT2D eigenvalue weighted by molar-refractivity contribution is -0.0498. The molecule has 0 atom stereocenters. The second-order valence-corrected chi connectivity index (χ2v) is 6.03. The molecule has 1 rings (SSSR count). The zero-order chi connectivity index (χ0) is 15.2. The summed E-state index contributed by atoms with van der Waals surface area (Å²) in [6, 6.07) is 6.72. The maximum Gasteiger partial charge on any atom is 0.387 e. The third-order valence-corrected chi connectivity index (χ3v) is 2.83. The lowest BCUT2D eigenvalue weighted by Crippen LogP contribution is -2.37. The van der Waals surface area contributed by atoms with E-state index in [9.17, 15) is 8.78 Å². The number of halogens is 2. The van der Waals surface area contributed by atoms with Crippen LogP contribution in [0.5, 0.6) is 5.75 Å². The first kappa shape index (κ1) is 16.9. The highest BCUT2D eigenvalue weighted by Gasteiger charge is 2.18. The summed E-state index contributed by atoms with van der Waals surface area (Å²) in [5.74, 6) is 0.191. The Hall–Kier alpha value is -1.20. The summed E-state index contributed by atoms with van der Waals surface area (Å²) in [5, 5.41) is 3.39. The van der Waals surface area contributed by atoms with Gasteiger partial charge in [0.2, 0.25) is 0 Å². The monoisotopic (exact) mass is 286 g/mol. The molecular weight excluding hydrogens is 262 g/mol. The van der Waals surface area contributed by atoms with E-state index in [0.29, 0.717) is 6.54 Å². The highest BCUT2D eigenvalue weighted by atomic mass is 19.3. The second-order valence-electron chi connectivity index (χ2n) is 6.03. The van der Waals surface area contributed by atoms with Crippen molar-refractivity contribution >= 4 is 0 Å². The molecule has 5 heteroatoms. The van der Waals surface area contributed by atoms with Gasteiger partial charge in [-0.1, -0.05) is 26.0 Å². The molecule has 0 spiro atoms. The van der Waals surface area contributed by atoms with E-state index in [-0.39, 0.29) is 11.2 Å². The van der Waals surface area contributed by atoms with Crippen molar-refractivity contribution in [3.8, 4) is 5.75 Å². The number of benzene rings is 1. The number of rotatable bonds is 8. The van der Waals surface area contributed by atoms with Gasteiger partial charge in [-0.3, -0.25) is 0 Å². The van der Waals surface area contributed by atoms with Crippen LogP contribution in [0.25, 0.3) is 0 Å². The predicted molar refractivity (Wildman–Crippen MR) is 77.1 cm³/mol. The third-order valence-electron chi connectivity index (χ3n) is 2.83. The van der Waals surface area contributed by atoms with Crippen LogP contribution >= 0.6 is 0 Å². The molecule has 114 valence electrons. The van der Waals surface area contributed by atoms with Crippen molar-refractivity contribution in [2.45, 2.75) is 27.0 Å². The van der Waals surface area contributed by atoms with Gasteiger partial charge in [0.15, 0.2) is 0 Å². The quantitative estimate of drug-likeness (QED) is 0.795. The Morgan fingerprint density at radius 3 is 2.30 bits per heavy atom. The molecule has 0 aliphatic carbocycles. The van der Waals surface area contributed by atoms with Gasteiger partial charge in [-0.05, 0) is 37.2 Å². The summed E-state index contributed by atoms with van der Waals surface area (Å²) < 4.78 is 28.4. The van der Waals surface area contributed by atoms with Crippen molar-refractivity contribution in [1.29, 1.82) is 0 Å². The highest BCUT2D eigenvalue weighted by Crippen LogP contribution is 2.16. The molecule has 0 aromatic heterocycles. The number of hydrogen-bond donors (Lipinski definition) is 1. The number of nitrogens with zero attached hydrogens (tertiary/aromatic N) is 1. The van der Waals surface area contributed by atoms with Crippen LogP contribution in [0.3, 0.4) is 0 Å². The van der Waals surface area contributed by atoms with Crippen LogP contribution in [-0.4, -0.2) is 38.7 Å². The number of hydrogen-bond acceptors (Lipinski definition) is 3. The minimum atomic E-state index is -2.77. The van der Waals surface area contributed by atoms with Crippen LogP contribution in [0.2, 0.25) is 0 Å². The maximum atomic E-state index is 12.0. The van der Waals surface area contributed by atoms with Crippen molar-refractivity contribution in [3.05, 3.63) is 29.8 Å². The fourth-order valence-corrected chi connectivity index (χ4v) is 2.25. The minimum Gasteiger partial charge on any atom is -0.435 e. The Morgan fingerprint density at radius 2 is 1.80 bits per heavy atom. The molecule has 0 heterocycles. The molecule has 0 fully saturated rings. The minimum absolute atomic E-state index is 0.183. The summed E-state index contributed by atoms with van der Waals surface area (Å²) >= 11 is 0. The summed E-state index contributed by atoms with van der Waals surface area (Å²) in [4.78, 5) is 2.16. The second kappa shape index (κ2) is 7.55. The molecule has 1 aromatic rings. The summed E-state index contributed by atoms with van der Waals surface area (Å²) in [7, 11) is 4.12. The molecule has 1 N–H and O–H groups in total. The molecule has 0 bridgehead atoms. The fraction of sp³-hybridized carbons (Fsp3) is 0.600. The molecule has 1 aromatic carbocycles. The molecule has 20 heavy (non-hydrogen) atoms. The molecule has 0 amide bonds. The zero-order valence-electron chi connectivity index (χ0n) is 12.6. The largest absolute Gasteiger partial charge is 0.435 e. The topological polar surface area (TPSA) is 24.5 Å². The molecule has 0 radical (unpaired) electrons. The van der Waals surface area contributed by atoms with Gasteiger partial charge < -0.3 is 15.0 Å². The number of nitrogens with one attached hydrogen (secondary N) is 1. The maximum absolute atomic E-state index is 12.0. The van der Waals surface area contributed by atoms with Gasteiger partial charge in [0.1, 0.15) is 5.75 Å². The molecule has 0 saturated heterocycles. The molecule has 0 aliphatic heterocycles. The SMILES string of the molecule is CN(C)CC(C)(C)CNCc1ccc(OC(F)F)cc1. The van der Waals surface area contributed by atoms with E-state index in [2.05, 4.69) is 42.9 Å². The first-order chi connectivity index (χ1) is 9.28. The van der Waals surface area contributed by atoms with Crippen molar-refractivity contribution in [2.75, 3.05) is 27.2 Å². The van der Waals surface area contributed by atoms with Crippen molar-refractivity contribution in [2.24, 2.45) is 5.41 Å². The van der Waals surface area contributed by atoms with E-state index in [1.807, 2.05) is 0 Å². The van der Waals surface area contributed by atoms with Crippen LogP contribution in [0, 0.1) is 5.41 Å². The molecular formula is C15H24F2N2O. The lowest BCUT2D eigenvalue weighted by atomic mass is 9.93. The summed E-state index contributed by atoms with van der Waals surface area (Å²) in [5.41, 5.74) is 1.23. The van der Waals surface area contributed by atoms with Gasteiger partial charge in [0.25, 0.3) is 0 Å². The molecule has 0 aliphatic rings. The third kappa shape index (κ3) is 6.82. The Kier molecular flexibility index (Phi) is 6.36. The van der Waals surface area contributed by atoms with Gasteiger partial charge in [0, 0.05) is 19.6 Å². The van der Waals surface area contributed by atoms with Crippen LogP contribution in [0.1, 0.15) is 19.4 Å². The van der Waals surface area contributed by atoms with E-state index in [0.717, 1.165) is 18.7 Å². The predicted octanol–water partition coefficient (Wildman–Crippen LogP) is 2.97. The normalized spacial score (nSPS) is 12.2. The van der Waals surface area contributed by atoms with Gasteiger partial charge in [0.05, 0.1) is 0 Å². The Bertz CT molecular complexity index is 391. The van der Waals surface area contributed by atoms with E-state index < -0.39 is 6.61 Å². The Morgan fingerprint density at radius 1 is 1.20 bits per heavy atom. The molecule has 0 unspecified atom stereocenters. The van der Waals surface area contributed by atoms with Crippen LogP contribution in [0.4, 0.5) is 8.78 Å². The number of alkyl halides is 2. The van der Waals surface area contributed by atoms with E-state index >= 15 is 0 Å². The van der Waals surface area contributed by atoms with Crippen molar-refractivity contribution < 1.29 is 13.5 Å². The van der Waals surface area contributed by atoms with E-state index in [1.165, 1.54) is 0 Å². The first-order valence-corrected chi connectivity index (χ1v) is 6.68. The van der Waals surface area contributed by atoms with Gasteiger partial charge in [-0.2, -0.15) is 8.78 Å². The van der Waals surface area contributed by atoms with Crippen molar-refractivity contribution in [3.63, 3.8) is 0 Å². The molecule has 3 nitrogen and oxygen atoms in total.